The van der Waals surface area contributed by atoms with E-state index in [4.69, 9.17) is 0 Å². The Morgan fingerprint density at radius 1 is 1.35 bits per heavy atom. The Labute approximate surface area is 115 Å². The van der Waals surface area contributed by atoms with Gasteiger partial charge in [0.25, 0.3) is 5.69 Å². The zero-order chi connectivity index (χ0) is 15.3. The molecule has 0 aliphatic rings. The molecule has 0 amide bonds. The maximum absolute atomic E-state index is 10.9. The van der Waals surface area contributed by atoms with Gasteiger partial charge in [-0.3, -0.25) is 25.7 Å². The van der Waals surface area contributed by atoms with Gasteiger partial charge in [0, 0.05) is 11.8 Å². The molecule has 1 atom stereocenters. The fourth-order valence-electron chi connectivity index (χ4n) is 1.43. The zero-order valence-corrected chi connectivity index (χ0v) is 11.5. The highest BCUT2D eigenvalue weighted by atomic mass is 16.6. The molecule has 0 aromatic heterocycles. The van der Waals surface area contributed by atoms with Gasteiger partial charge in [-0.2, -0.15) is 5.10 Å². The first kappa shape index (κ1) is 15.5. The molecule has 0 heterocycles. The second kappa shape index (κ2) is 6.60. The van der Waals surface area contributed by atoms with Crippen LogP contribution >= 0.6 is 0 Å². The quantitative estimate of drug-likeness (QED) is 0.488. The van der Waals surface area contributed by atoms with E-state index in [1.807, 2.05) is 20.8 Å². The van der Waals surface area contributed by atoms with Gasteiger partial charge in [-0.1, -0.05) is 13.8 Å². The summed E-state index contributed by atoms with van der Waals surface area (Å²) in [7, 11) is 0. The van der Waals surface area contributed by atoms with Gasteiger partial charge in [-0.15, -0.1) is 0 Å². The second-order valence-corrected chi connectivity index (χ2v) is 4.39. The van der Waals surface area contributed by atoms with Crippen molar-refractivity contribution in [2.45, 2.75) is 27.2 Å². The van der Waals surface area contributed by atoms with Gasteiger partial charge >= 0.3 is 5.69 Å². The molecule has 1 N–H and O–H groups in total. The van der Waals surface area contributed by atoms with Crippen LogP contribution in [0.2, 0.25) is 0 Å². The molecular formula is C12H16N4O4. The Morgan fingerprint density at radius 2 is 2.00 bits per heavy atom. The molecule has 8 nitrogen and oxygen atoms in total. The van der Waals surface area contributed by atoms with Gasteiger partial charge < -0.3 is 0 Å². The third-order valence-electron chi connectivity index (χ3n) is 3.07. The standard InChI is InChI=1S/C12H16N4O4/c1-4-8(2)9(3)13-14-11-6-5-10(15(17)18)7-12(11)16(19)20/h5-8,14H,4H2,1-3H3/b13-9+/t8-/m1/s1. The molecule has 0 fully saturated rings. The molecule has 1 aromatic carbocycles. The molecular weight excluding hydrogens is 264 g/mol. The summed E-state index contributed by atoms with van der Waals surface area (Å²) in [5.41, 5.74) is 2.83. The first-order chi connectivity index (χ1) is 9.36. The summed E-state index contributed by atoms with van der Waals surface area (Å²) < 4.78 is 0. The molecule has 0 bridgehead atoms. The summed E-state index contributed by atoms with van der Waals surface area (Å²) in [5.74, 6) is 0.250. The number of hydrazone groups is 1. The van der Waals surface area contributed by atoms with Crippen molar-refractivity contribution < 1.29 is 9.85 Å². The van der Waals surface area contributed by atoms with Crippen molar-refractivity contribution in [3.05, 3.63) is 38.4 Å². The molecule has 0 saturated carbocycles. The van der Waals surface area contributed by atoms with E-state index in [0.717, 1.165) is 18.2 Å². The molecule has 1 rings (SSSR count). The fourth-order valence-corrected chi connectivity index (χ4v) is 1.43. The van der Waals surface area contributed by atoms with Crippen LogP contribution in [-0.4, -0.2) is 15.6 Å². The van der Waals surface area contributed by atoms with Gasteiger partial charge in [0.2, 0.25) is 0 Å². The molecule has 0 unspecified atom stereocenters. The van der Waals surface area contributed by atoms with Crippen molar-refractivity contribution in [3.63, 3.8) is 0 Å². The van der Waals surface area contributed by atoms with E-state index < -0.39 is 9.85 Å². The lowest BCUT2D eigenvalue weighted by atomic mass is 10.1. The minimum atomic E-state index is -0.677. The van der Waals surface area contributed by atoms with Gasteiger partial charge in [0.15, 0.2) is 0 Å². The van der Waals surface area contributed by atoms with Crippen LogP contribution in [0.3, 0.4) is 0 Å². The van der Waals surface area contributed by atoms with Gasteiger partial charge in [-0.25, -0.2) is 0 Å². The lowest BCUT2D eigenvalue weighted by molar-refractivity contribution is -0.393. The number of benzene rings is 1. The molecule has 0 aliphatic carbocycles. The van der Waals surface area contributed by atoms with Crippen LogP contribution in [0.15, 0.2) is 23.3 Å². The maximum Gasteiger partial charge on any atom is 0.301 e. The Morgan fingerprint density at radius 3 is 2.50 bits per heavy atom. The molecule has 1 aromatic rings. The minimum absolute atomic E-state index is 0.128. The molecule has 0 radical (unpaired) electrons. The van der Waals surface area contributed by atoms with E-state index in [1.165, 1.54) is 12.1 Å². The van der Waals surface area contributed by atoms with Crippen molar-refractivity contribution in [1.29, 1.82) is 0 Å². The van der Waals surface area contributed by atoms with E-state index in [1.54, 1.807) is 0 Å². The Balaban J connectivity index is 3.07. The number of nitrogens with zero attached hydrogens (tertiary/aromatic N) is 3. The molecule has 0 aliphatic heterocycles. The number of anilines is 1. The number of nitro groups is 2. The summed E-state index contributed by atoms with van der Waals surface area (Å²) in [5, 5.41) is 25.6. The van der Waals surface area contributed by atoms with Gasteiger partial charge in [0.05, 0.1) is 15.9 Å². The van der Waals surface area contributed by atoms with E-state index in [9.17, 15) is 20.2 Å². The number of nitro benzene ring substituents is 2. The summed E-state index contributed by atoms with van der Waals surface area (Å²) in [4.78, 5) is 20.2. The van der Waals surface area contributed by atoms with Crippen molar-refractivity contribution in [3.8, 4) is 0 Å². The Bertz CT molecular complexity index is 556. The van der Waals surface area contributed by atoms with Crippen molar-refractivity contribution in [1.82, 2.24) is 0 Å². The summed E-state index contributed by atoms with van der Waals surface area (Å²) in [6.07, 6.45) is 0.902. The monoisotopic (exact) mass is 280 g/mol. The van der Waals surface area contributed by atoms with Crippen molar-refractivity contribution >= 4 is 22.8 Å². The van der Waals surface area contributed by atoms with Crippen LogP contribution in [0.1, 0.15) is 27.2 Å². The number of hydrogen-bond donors (Lipinski definition) is 1. The predicted molar refractivity (Wildman–Crippen MR) is 75.9 cm³/mol. The summed E-state index contributed by atoms with van der Waals surface area (Å²) in [6, 6.07) is 3.39. The second-order valence-electron chi connectivity index (χ2n) is 4.39. The fraction of sp³-hybridized carbons (Fsp3) is 0.417. The number of non-ortho nitro benzene ring substituents is 1. The lowest BCUT2D eigenvalue weighted by Gasteiger charge is -2.08. The molecule has 0 saturated heterocycles. The number of rotatable bonds is 6. The molecule has 20 heavy (non-hydrogen) atoms. The summed E-state index contributed by atoms with van der Waals surface area (Å²) in [6.45, 7) is 5.82. The first-order valence-corrected chi connectivity index (χ1v) is 6.09. The van der Waals surface area contributed by atoms with Crippen LogP contribution in [0, 0.1) is 26.1 Å². The largest absolute Gasteiger partial charge is 0.301 e. The van der Waals surface area contributed by atoms with Crippen LogP contribution in [0.5, 0.6) is 0 Å². The van der Waals surface area contributed by atoms with Crippen LogP contribution in [0.4, 0.5) is 17.1 Å². The summed E-state index contributed by atoms with van der Waals surface area (Å²) >= 11 is 0. The first-order valence-electron chi connectivity index (χ1n) is 6.09. The topological polar surface area (TPSA) is 111 Å². The van der Waals surface area contributed by atoms with Crippen LogP contribution < -0.4 is 5.43 Å². The number of hydrogen-bond acceptors (Lipinski definition) is 6. The highest BCUT2D eigenvalue weighted by Crippen LogP contribution is 2.29. The highest BCUT2D eigenvalue weighted by molar-refractivity contribution is 5.85. The SMILES string of the molecule is CC[C@@H](C)/C(C)=N/Nc1ccc([N+](=O)[O-])cc1[N+](=O)[O-]. The third-order valence-corrected chi connectivity index (χ3v) is 3.07. The van der Waals surface area contributed by atoms with E-state index in [2.05, 4.69) is 10.5 Å². The maximum atomic E-state index is 10.9. The average Bonchev–Trinajstić information content (AvgIpc) is 2.43. The average molecular weight is 280 g/mol. The Kier molecular flexibility index (Phi) is 5.13. The predicted octanol–water partition coefficient (Wildman–Crippen LogP) is 3.34. The highest BCUT2D eigenvalue weighted by Gasteiger charge is 2.19. The van der Waals surface area contributed by atoms with Gasteiger partial charge in [-0.05, 0) is 25.3 Å². The zero-order valence-electron chi connectivity index (χ0n) is 11.5. The molecule has 0 spiro atoms. The van der Waals surface area contributed by atoms with Crippen molar-refractivity contribution in [2.24, 2.45) is 11.0 Å². The van der Waals surface area contributed by atoms with Crippen molar-refractivity contribution in [2.75, 3.05) is 5.43 Å². The molecule has 8 heteroatoms. The van der Waals surface area contributed by atoms with E-state index in [0.29, 0.717) is 0 Å². The minimum Gasteiger partial charge on any atom is -0.272 e. The Hall–Kier alpha value is -2.51. The van der Waals surface area contributed by atoms with Crippen LogP contribution in [-0.2, 0) is 0 Å². The van der Waals surface area contributed by atoms with E-state index >= 15 is 0 Å². The normalized spacial score (nSPS) is 12.8. The third kappa shape index (κ3) is 3.74. The smallest absolute Gasteiger partial charge is 0.272 e. The van der Waals surface area contributed by atoms with E-state index in [-0.39, 0.29) is 23.0 Å². The molecule has 108 valence electrons. The lowest BCUT2D eigenvalue weighted by Crippen LogP contribution is -2.08. The number of nitrogens with one attached hydrogen (secondary N) is 1. The van der Waals surface area contributed by atoms with Gasteiger partial charge in [0.1, 0.15) is 5.69 Å². The van der Waals surface area contributed by atoms with Crippen LogP contribution in [0.25, 0.3) is 0 Å².